The molecule has 0 spiro atoms. The molecule has 2 aliphatic rings. The molecule has 1 unspecified atom stereocenters. The maximum atomic E-state index is 13.9. The van der Waals surface area contributed by atoms with Crippen LogP contribution in [0.25, 0.3) is 0 Å². The number of anilines is 1. The van der Waals surface area contributed by atoms with E-state index in [4.69, 9.17) is 4.74 Å². The lowest BCUT2D eigenvalue weighted by Gasteiger charge is -2.39. The van der Waals surface area contributed by atoms with Crippen molar-refractivity contribution in [2.45, 2.75) is 52.6 Å². The highest BCUT2D eigenvalue weighted by Gasteiger charge is 2.42. The molecule has 0 aromatic heterocycles. The fourth-order valence-corrected chi connectivity index (χ4v) is 5.84. The van der Waals surface area contributed by atoms with Crippen molar-refractivity contribution in [3.63, 3.8) is 0 Å². The van der Waals surface area contributed by atoms with Gasteiger partial charge in [0, 0.05) is 32.2 Å². The van der Waals surface area contributed by atoms with Crippen molar-refractivity contribution < 1.29 is 14.3 Å². The van der Waals surface area contributed by atoms with E-state index in [2.05, 4.69) is 54.5 Å². The Balaban J connectivity index is 1.55. The molecule has 2 heterocycles. The van der Waals surface area contributed by atoms with Crippen LogP contribution in [0.2, 0.25) is 0 Å². The van der Waals surface area contributed by atoms with Gasteiger partial charge in [0.15, 0.2) is 0 Å². The third-order valence-electron chi connectivity index (χ3n) is 8.07. The molecule has 2 aromatic carbocycles. The van der Waals surface area contributed by atoms with Gasteiger partial charge < -0.3 is 9.64 Å². The van der Waals surface area contributed by atoms with Crippen molar-refractivity contribution in [2.24, 2.45) is 0 Å². The number of fused-ring (bicyclic) bond motifs is 1. The van der Waals surface area contributed by atoms with Crippen molar-refractivity contribution >= 4 is 17.5 Å². The van der Waals surface area contributed by atoms with Gasteiger partial charge in [0.1, 0.15) is 5.76 Å². The van der Waals surface area contributed by atoms with E-state index in [0.29, 0.717) is 23.6 Å². The third-order valence-corrected chi connectivity index (χ3v) is 8.07. The van der Waals surface area contributed by atoms with E-state index < -0.39 is 6.04 Å². The summed E-state index contributed by atoms with van der Waals surface area (Å²) in [6.07, 6.45) is 5.22. The highest BCUT2D eigenvalue weighted by molar-refractivity contribution is 6.24. The normalized spacial score (nSPS) is 18.3. The lowest BCUT2D eigenvalue weighted by molar-refractivity contribution is 0.0607. The molecule has 2 aliphatic heterocycles. The van der Waals surface area contributed by atoms with E-state index in [0.717, 1.165) is 55.2 Å². The number of hydrogen-bond donors (Lipinski definition) is 0. The molecule has 4 rings (SSSR count). The average Bonchev–Trinajstić information content (AvgIpc) is 3.23. The minimum atomic E-state index is -0.426. The molecule has 1 fully saturated rings. The minimum Gasteiger partial charge on any atom is -0.497 e. The molecule has 0 saturated carbocycles. The van der Waals surface area contributed by atoms with E-state index >= 15 is 0 Å². The molecular weight excluding hydrogens is 486 g/mol. The number of nitrogens with zero attached hydrogens (tertiary/aromatic N) is 3. The zero-order valence-electron chi connectivity index (χ0n) is 23.9. The number of benzene rings is 2. The first-order chi connectivity index (χ1) is 18.9. The first kappa shape index (κ1) is 28.4. The fraction of sp³-hybridized carbons (Fsp3) is 0.394. The zero-order valence-corrected chi connectivity index (χ0v) is 23.9. The second kappa shape index (κ2) is 12.5. The van der Waals surface area contributed by atoms with Crippen molar-refractivity contribution in [1.29, 1.82) is 0 Å². The maximum absolute atomic E-state index is 13.9. The maximum Gasteiger partial charge on any atom is 0.264 e. The SMILES string of the molecule is C=C(/C=C(CC)\C(=C/C)OC)C(CC)N1C(=O)c2cccc(N3CCN([C@H](C)c4ccccc4)CC3)c2C1=O. The molecule has 0 N–H and O–H groups in total. The number of hydrogen-bond acceptors (Lipinski definition) is 5. The van der Waals surface area contributed by atoms with Gasteiger partial charge in [-0.3, -0.25) is 19.4 Å². The number of methoxy groups -OCH3 is 1. The van der Waals surface area contributed by atoms with Crippen LogP contribution in [0.1, 0.15) is 72.9 Å². The number of piperazine rings is 1. The van der Waals surface area contributed by atoms with Crippen LogP contribution in [0.3, 0.4) is 0 Å². The van der Waals surface area contributed by atoms with Crippen LogP contribution >= 0.6 is 0 Å². The van der Waals surface area contributed by atoms with Crippen LogP contribution in [-0.4, -0.2) is 60.9 Å². The lowest BCUT2D eigenvalue weighted by atomic mass is 9.99. The van der Waals surface area contributed by atoms with E-state index in [1.54, 1.807) is 13.2 Å². The van der Waals surface area contributed by atoms with Crippen LogP contribution in [0.4, 0.5) is 5.69 Å². The lowest BCUT2D eigenvalue weighted by Crippen LogP contribution is -2.47. The summed E-state index contributed by atoms with van der Waals surface area (Å²) in [6, 6.07) is 16.1. The van der Waals surface area contributed by atoms with Gasteiger partial charge in [-0.2, -0.15) is 0 Å². The number of allylic oxidation sites excluding steroid dienone is 2. The molecule has 0 bridgehead atoms. The summed E-state index contributed by atoms with van der Waals surface area (Å²) in [4.78, 5) is 33.7. The summed E-state index contributed by atoms with van der Waals surface area (Å²) < 4.78 is 5.51. The topological polar surface area (TPSA) is 53.1 Å². The Hall–Kier alpha value is -3.64. The Bertz CT molecular complexity index is 1270. The fourth-order valence-electron chi connectivity index (χ4n) is 5.84. The van der Waals surface area contributed by atoms with Crippen molar-refractivity contribution in [3.05, 3.63) is 101 Å². The number of ether oxygens (including phenoxy) is 1. The third kappa shape index (κ3) is 5.57. The Kier molecular flexibility index (Phi) is 9.08. The van der Waals surface area contributed by atoms with Gasteiger partial charge >= 0.3 is 0 Å². The first-order valence-electron chi connectivity index (χ1n) is 14.0. The average molecular weight is 528 g/mol. The number of rotatable bonds is 10. The summed E-state index contributed by atoms with van der Waals surface area (Å²) in [5.41, 5.74) is 4.87. The first-order valence-corrected chi connectivity index (χ1v) is 14.0. The minimum absolute atomic E-state index is 0.233. The standard InChI is InChI=1S/C33H41N3O3/c1-7-25(30(9-3)39-6)22-23(4)28(8-2)36-32(37)27-16-13-17-29(31(27)33(36)38)35-20-18-34(19-21-35)24(5)26-14-11-10-12-15-26/h9-17,22,24,28H,4,7-8,18-21H2,1-3,5-6H3/b25-22-,30-9+/t24-,28?/m1/s1. The van der Waals surface area contributed by atoms with Gasteiger partial charge in [0.05, 0.1) is 30.0 Å². The van der Waals surface area contributed by atoms with Crippen LogP contribution < -0.4 is 4.90 Å². The van der Waals surface area contributed by atoms with Gasteiger partial charge in [-0.1, -0.05) is 62.9 Å². The number of carbonyl (C=O) groups excluding carboxylic acids is 2. The van der Waals surface area contributed by atoms with Crippen LogP contribution in [0, 0.1) is 0 Å². The predicted molar refractivity (Wildman–Crippen MR) is 158 cm³/mol. The van der Waals surface area contributed by atoms with Crippen molar-refractivity contribution in [2.75, 3.05) is 38.2 Å². The van der Waals surface area contributed by atoms with Crippen LogP contribution in [0.15, 0.2) is 84.2 Å². The largest absolute Gasteiger partial charge is 0.497 e. The van der Waals surface area contributed by atoms with Gasteiger partial charge in [0.25, 0.3) is 11.8 Å². The van der Waals surface area contributed by atoms with Crippen molar-refractivity contribution in [1.82, 2.24) is 9.80 Å². The van der Waals surface area contributed by atoms with Crippen LogP contribution in [0.5, 0.6) is 0 Å². The van der Waals surface area contributed by atoms with Gasteiger partial charge in [0.2, 0.25) is 0 Å². The molecular formula is C33H41N3O3. The Morgan fingerprint density at radius 1 is 1.00 bits per heavy atom. The van der Waals surface area contributed by atoms with E-state index in [9.17, 15) is 9.59 Å². The second-order valence-corrected chi connectivity index (χ2v) is 10.2. The van der Waals surface area contributed by atoms with Gasteiger partial charge in [-0.05, 0) is 61.6 Å². The molecule has 1 saturated heterocycles. The quantitative estimate of drug-likeness (QED) is 0.204. The molecule has 206 valence electrons. The van der Waals surface area contributed by atoms with E-state index in [-0.39, 0.29) is 11.8 Å². The monoisotopic (exact) mass is 527 g/mol. The zero-order chi connectivity index (χ0) is 28.1. The Morgan fingerprint density at radius 3 is 2.28 bits per heavy atom. The van der Waals surface area contributed by atoms with E-state index in [1.165, 1.54) is 10.5 Å². The summed E-state index contributed by atoms with van der Waals surface area (Å²) in [6.45, 7) is 15.9. The smallest absolute Gasteiger partial charge is 0.264 e. The molecule has 2 aromatic rings. The van der Waals surface area contributed by atoms with Gasteiger partial charge in [-0.15, -0.1) is 0 Å². The predicted octanol–water partition coefficient (Wildman–Crippen LogP) is 6.39. The molecule has 0 radical (unpaired) electrons. The number of carbonyl (C=O) groups is 2. The second-order valence-electron chi connectivity index (χ2n) is 10.2. The van der Waals surface area contributed by atoms with E-state index in [1.807, 2.05) is 44.2 Å². The number of amides is 2. The molecule has 0 aliphatic carbocycles. The molecule has 6 nitrogen and oxygen atoms in total. The molecule has 6 heteroatoms. The summed E-state index contributed by atoms with van der Waals surface area (Å²) in [5.74, 6) is 0.299. The molecule has 2 atom stereocenters. The highest BCUT2D eigenvalue weighted by Crippen LogP contribution is 2.36. The Morgan fingerprint density at radius 2 is 1.69 bits per heavy atom. The van der Waals surface area contributed by atoms with Crippen molar-refractivity contribution in [3.8, 4) is 0 Å². The Labute approximate surface area is 233 Å². The number of imide groups is 1. The molecule has 2 amide bonds. The van der Waals surface area contributed by atoms with Gasteiger partial charge in [-0.25, -0.2) is 0 Å². The molecule has 39 heavy (non-hydrogen) atoms. The summed E-state index contributed by atoms with van der Waals surface area (Å²) in [5, 5.41) is 0. The summed E-state index contributed by atoms with van der Waals surface area (Å²) in [7, 11) is 1.65. The van der Waals surface area contributed by atoms with Crippen LogP contribution in [-0.2, 0) is 4.74 Å². The summed E-state index contributed by atoms with van der Waals surface area (Å²) >= 11 is 0. The highest BCUT2D eigenvalue weighted by atomic mass is 16.5.